The summed E-state index contributed by atoms with van der Waals surface area (Å²) >= 11 is 0. The van der Waals surface area contributed by atoms with Crippen molar-refractivity contribution in [1.82, 2.24) is 0 Å². The summed E-state index contributed by atoms with van der Waals surface area (Å²) in [7, 11) is 0. The van der Waals surface area contributed by atoms with Crippen molar-refractivity contribution in [3.05, 3.63) is 152 Å². The molecule has 3 heterocycles. The van der Waals surface area contributed by atoms with Gasteiger partial charge in [0.25, 0.3) is 0 Å². The Labute approximate surface area is 265 Å². The van der Waals surface area contributed by atoms with E-state index in [-0.39, 0.29) is 0 Å². The Morgan fingerprint density at radius 3 is 1.85 bits per heavy atom. The SMILES string of the molecule is c1ccc(-c2ccc(-c3cc4c5c(c3)Oc3cc(-c6cccc7oc8ccccc8c67)ccc3N5c3ccccc3O4)cc2)cc1. The third kappa shape index (κ3) is 3.74. The molecule has 0 bridgehead atoms. The largest absolute Gasteiger partial charge is 0.456 e. The van der Waals surface area contributed by atoms with E-state index in [9.17, 15) is 0 Å². The van der Waals surface area contributed by atoms with Crippen molar-refractivity contribution in [1.29, 1.82) is 0 Å². The number of ether oxygens (including phenoxy) is 2. The van der Waals surface area contributed by atoms with E-state index in [2.05, 4.69) is 114 Å². The zero-order chi connectivity index (χ0) is 30.2. The highest BCUT2D eigenvalue weighted by atomic mass is 16.5. The Balaban J connectivity index is 1.13. The van der Waals surface area contributed by atoms with Gasteiger partial charge in [0.2, 0.25) is 0 Å². The van der Waals surface area contributed by atoms with E-state index in [4.69, 9.17) is 13.9 Å². The number of para-hydroxylation sites is 3. The van der Waals surface area contributed by atoms with Crippen molar-refractivity contribution in [2.75, 3.05) is 4.90 Å². The number of benzene rings is 7. The van der Waals surface area contributed by atoms with Crippen molar-refractivity contribution in [2.24, 2.45) is 0 Å². The van der Waals surface area contributed by atoms with Crippen LogP contribution in [0.2, 0.25) is 0 Å². The summed E-state index contributed by atoms with van der Waals surface area (Å²) in [4.78, 5) is 2.27. The summed E-state index contributed by atoms with van der Waals surface area (Å²) in [5.41, 5.74) is 11.3. The Morgan fingerprint density at radius 2 is 1.00 bits per heavy atom. The summed E-state index contributed by atoms with van der Waals surface area (Å²) in [5.74, 6) is 3.12. The standard InChI is InChI=1S/C42H25NO3/c1-2-9-26(10-3-1)27-17-19-28(20-18-27)30-24-39-42-40(25-30)46-38-23-29(21-22-34(38)43(42)33-13-5-7-15-36(33)45-39)31-12-8-16-37-41(31)32-11-4-6-14-35(32)44-37/h1-25H. The Morgan fingerprint density at radius 1 is 0.391 bits per heavy atom. The molecule has 216 valence electrons. The first kappa shape index (κ1) is 25.1. The molecule has 4 nitrogen and oxygen atoms in total. The van der Waals surface area contributed by atoms with E-state index >= 15 is 0 Å². The van der Waals surface area contributed by atoms with Crippen LogP contribution in [0.5, 0.6) is 23.0 Å². The van der Waals surface area contributed by atoms with Gasteiger partial charge in [-0.1, -0.05) is 103 Å². The summed E-state index contributed by atoms with van der Waals surface area (Å²) in [6, 6.07) is 52.4. The van der Waals surface area contributed by atoms with Crippen molar-refractivity contribution in [2.45, 2.75) is 0 Å². The monoisotopic (exact) mass is 591 g/mol. The Bertz CT molecular complexity index is 2480. The third-order valence-electron chi connectivity index (χ3n) is 9.05. The number of fused-ring (bicyclic) bond motifs is 7. The molecule has 0 radical (unpaired) electrons. The van der Waals surface area contributed by atoms with Crippen LogP contribution in [0.15, 0.2) is 156 Å². The number of nitrogens with zero attached hydrogens (tertiary/aromatic N) is 1. The highest BCUT2D eigenvalue weighted by molar-refractivity contribution is 6.12. The van der Waals surface area contributed by atoms with Crippen molar-refractivity contribution >= 4 is 39.0 Å². The van der Waals surface area contributed by atoms with Crippen LogP contribution in [0, 0.1) is 0 Å². The Kier molecular flexibility index (Phi) is 5.25. The van der Waals surface area contributed by atoms with Gasteiger partial charge in [-0.25, -0.2) is 0 Å². The molecule has 10 rings (SSSR count). The molecular weight excluding hydrogens is 566 g/mol. The van der Waals surface area contributed by atoms with Gasteiger partial charge in [0.1, 0.15) is 16.9 Å². The van der Waals surface area contributed by atoms with Crippen molar-refractivity contribution in [3.8, 4) is 56.4 Å². The second-order valence-corrected chi connectivity index (χ2v) is 11.7. The summed E-state index contributed by atoms with van der Waals surface area (Å²) in [6.07, 6.45) is 0. The molecule has 46 heavy (non-hydrogen) atoms. The topological polar surface area (TPSA) is 34.8 Å². The molecular formula is C42H25NO3. The molecule has 0 atom stereocenters. The minimum atomic E-state index is 0.755. The highest BCUT2D eigenvalue weighted by Gasteiger charge is 2.35. The van der Waals surface area contributed by atoms with E-state index < -0.39 is 0 Å². The fourth-order valence-electron chi connectivity index (χ4n) is 6.91. The molecule has 7 aromatic carbocycles. The summed E-state index contributed by atoms with van der Waals surface area (Å²) < 4.78 is 19.5. The van der Waals surface area contributed by atoms with Crippen LogP contribution in [0.25, 0.3) is 55.3 Å². The van der Waals surface area contributed by atoms with Crippen LogP contribution in [0.4, 0.5) is 17.1 Å². The van der Waals surface area contributed by atoms with E-state index in [1.54, 1.807) is 0 Å². The molecule has 0 unspecified atom stereocenters. The first-order chi connectivity index (χ1) is 22.8. The fourth-order valence-corrected chi connectivity index (χ4v) is 6.91. The lowest BCUT2D eigenvalue weighted by atomic mass is 9.96. The molecule has 0 saturated heterocycles. The number of furan rings is 1. The van der Waals surface area contributed by atoms with Crippen LogP contribution in [0.1, 0.15) is 0 Å². The number of anilines is 3. The molecule has 0 spiro atoms. The molecule has 8 aromatic rings. The smallest absolute Gasteiger partial charge is 0.156 e. The number of hydrogen-bond acceptors (Lipinski definition) is 4. The van der Waals surface area contributed by atoms with E-state index in [0.717, 1.165) is 84.3 Å². The minimum absolute atomic E-state index is 0.755. The number of hydrogen-bond donors (Lipinski definition) is 0. The zero-order valence-electron chi connectivity index (χ0n) is 24.6. The highest BCUT2D eigenvalue weighted by Crippen LogP contribution is 2.61. The average molecular weight is 592 g/mol. The molecule has 0 aliphatic carbocycles. The maximum atomic E-state index is 6.79. The van der Waals surface area contributed by atoms with Crippen LogP contribution < -0.4 is 14.4 Å². The summed E-state index contributed by atoms with van der Waals surface area (Å²) in [6.45, 7) is 0. The third-order valence-corrected chi connectivity index (χ3v) is 9.05. The minimum Gasteiger partial charge on any atom is -0.456 e. The lowest BCUT2D eigenvalue weighted by Crippen LogP contribution is -2.20. The first-order valence-corrected chi connectivity index (χ1v) is 15.4. The molecule has 1 aromatic heterocycles. The van der Waals surface area contributed by atoms with Gasteiger partial charge in [-0.2, -0.15) is 0 Å². The molecule has 4 heteroatoms. The van der Waals surface area contributed by atoms with Crippen molar-refractivity contribution in [3.63, 3.8) is 0 Å². The maximum Gasteiger partial charge on any atom is 0.156 e. The van der Waals surface area contributed by atoms with Crippen LogP contribution >= 0.6 is 0 Å². The maximum absolute atomic E-state index is 6.79. The predicted molar refractivity (Wildman–Crippen MR) is 185 cm³/mol. The zero-order valence-corrected chi connectivity index (χ0v) is 24.6. The predicted octanol–water partition coefficient (Wildman–Crippen LogP) is 12.3. The van der Waals surface area contributed by atoms with E-state index in [1.807, 2.05) is 42.5 Å². The number of rotatable bonds is 3. The quantitative estimate of drug-likeness (QED) is 0.205. The molecule has 2 aliphatic rings. The molecule has 0 amide bonds. The van der Waals surface area contributed by atoms with Crippen LogP contribution in [-0.2, 0) is 0 Å². The van der Waals surface area contributed by atoms with Crippen LogP contribution in [0.3, 0.4) is 0 Å². The average Bonchev–Trinajstić information content (AvgIpc) is 3.50. The molecule has 0 saturated carbocycles. The van der Waals surface area contributed by atoms with Gasteiger partial charge in [-0.3, -0.25) is 4.90 Å². The normalized spacial score (nSPS) is 12.7. The lowest BCUT2D eigenvalue weighted by Gasteiger charge is -2.38. The summed E-state index contributed by atoms with van der Waals surface area (Å²) in [5, 5.41) is 2.21. The van der Waals surface area contributed by atoms with Gasteiger partial charge in [0.15, 0.2) is 23.0 Å². The van der Waals surface area contributed by atoms with Gasteiger partial charge < -0.3 is 13.9 Å². The van der Waals surface area contributed by atoms with E-state index in [1.165, 1.54) is 11.1 Å². The van der Waals surface area contributed by atoms with Crippen molar-refractivity contribution < 1.29 is 13.9 Å². The molecule has 0 fully saturated rings. The van der Waals surface area contributed by atoms with Gasteiger partial charge >= 0.3 is 0 Å². The second-order valence-electron chi connectivity index (χ2n) is 11.7. The van der Waals surface area contributed by atoms with Gasteiger partial charge in [0.05, 0.1) is 11.4 Å². The second kappa shape index (κ2) is 9.62. The molecule has 2 aliphatic heterocycles. The van der Waals surface area contributed by atoms with Gasteiger partial charge in [-0.05, 0) is 81.9 Å². The van der Waals surface area contributed by atoms with Gasteiger partial charge in [-0.15, -0.1) is 0 Å². The van der Waals surface area contributed by atoms with Gasteiger partial charge in [0, 0.05) is 10.8 Å². The van der Waals surface area contributed by atoms with E-state index in [0.29, 0.717) is 0 Å². The Hall–Kier alpha value is -6.26. The fraction of sp³-hybridized carbons (Fsp3) is 0. The first-order valence-electron chi connectivity index (χ1n) is 15.4. The molecule has 0 N–H and O–H groups in total. The van der Waals surface area contributed by atoms with Crippen LogP contribution in [-0.4, -0.2) is 0 Å². The lowest BCUT2D eigenvalue weighted by molar-refractivity contribution is 0.446.